The van der Waals surface area contributed by atoms with Gasteiger partial charge in [-0.25, -0.2) is 8.42 Å². The topological polar surface area (TPSA) is 81.6 Å². The second-order valence-corrected chi connectivity index (χ2v) is 5.55. The fraction of sp³-hybridized carbons (Fsp3) is 0.214. The van der Waals surface area contributed by atoms with E-state index < -0.39 is 9.84 Å². The van der Waals surface area contributed by atoms with E-state index >= 15 is 0 Å². The molecule has 112 valence electrons. The molecule has 0 saturated carbocycles. The predicted molar refractivity (Wildman–Crippen MR) is 78.6 cm³/mol. The van der Waals surface area contributed by atoms with Gasteiger partial charge in [0.25, 0.3) is 16.4 Å². The van der Waals surface area contributed by atoms with E-state index in [0.717, 1.165) is 11.8 Å². The first-order valence-corrected chi connectivity index (χ1v) is 7.43. The maximum absolute atomic E-state index is 11.4. The Morgan fingerprint density at radius 3 is 2.23 bits per heavy atom. The summed E-state index contributed by atoms with van der Waals surface area (Å²) in [6, 6.07) is 6.58. The van der Waals surface area contributed by atoms with Crippen LogP contribution in [0.1, 0.15) is 12.5 Å². The summed E-state index contributed by atoms with van der Waals surface area (Å²) in [5, 5.41) is 0. The Balaban J connectivity index is 0. The zero-order valence-electron chi connectivity index (χ0n) is 12.8. The van der Waals surface area contributed by atoms with Gasteiger partial charge < -0.3 is 14.2 Å². The molecule has 0 fully saturated rings. The molecule has 22 heavy (non-hydrogen) atoms. The van der Waals surface area contributed by atoms with Crippen molar-refractivity contribution >= 4 is 16.1 Å². The normalized spacial score (nSPS) is 8.77. The molecule has 2 aromatic rings. The van der Waals surface area contributed by atoms with Crippen LogP contribution in [-0.4, -0.2) is 25.6 Å². The fourth-order valence-corrected chi connectivity index (χ4v) is 1.97. The van der Waals surface area contributed by atoms with Gasteiger partial charge in [0.15, 0.2) is 0 Å². The molecule has 1 aromatic carbocycles. The maximum atomic E-state index is 11.4. The molecule has 0 saturated heterocycles. The van der Waals surface area contributed by atoms with Crippen LogP contribution in [0.5, 0.6) is 0 Å². The van der Waals surface area contributed by atoms with Crippen molar-refractivity contribution in [1.29, 1.82) is 0 Å². The molecule has 0 radical (unpaired) electrons. The molecule has 6 nitrogen and oxygen atoms in total. The number of aromatic nitrogens is 1. The van der Waals surface area contributed by atoms with Crippen LogP contribution in [-0.2, 0) is 14.6 Å². The predicted octanol–water partition coefficient (Wildman–Crippen LogP) is -0.627. The van der Waals surface area contributed by atoms with Crippen LogP contribution in [0.3, 0.4) is 0 Å². The van der Waals surface area contributed by atoms with E-state index in [4.69, 9.17) is 11.4 Å². The van der Waals surface area contributed by atoms with E-state index in [-0.39, 0.29) is 69.0 Å². The Morgan fingerprint density at radius 1 is 1.36 bits per heavy atom. The van der Waals surface area contributed by atoms with Crippen molar-refractivity contribution in [1.82, 2.24) is 4.98 Å². The number of benzene rings is 1. The van der Waals surface area contributed by atoms with Crippen LogP contribution in [0.4, 0.5) is 0 Å². The minimum atomic E-state index is -3.32. The largest absolute Gasteiger partial charge is 1.00 e. The Labute approximate surface area is 179 Å². The summed E-state index contributed by atoms with van der Waals surface area (Å²) in [5.74, 6) is -0.365. The second-order valence-electron chi connectivity index (χ2n) is 3.59. The summed E-state index contributed by atoms with van der Waals surface area (Å²) in [6.45, 7) is 8.16. The number of sulfone groups is 1. The summed E-state index contributed by atoms with van der Waals surface area (Å²) in [7, 11) is -3.32. The molecule has 0 spiro atoms. The number of hydrogen-bond acceptors (Lipinski definition) is 5. The Morgan fingerprint density at radius 2 is 1.91 bits per heavy atom. The number of aldehydes is 1. The van der Waals surface area contributed by atoms with E-state index in [1.54, 1.807) is 24.3 Å². The third kappa shape index (κ3) is 11.0. The van der Waals surface area contributed by atoms with Gasteiger partial charge in [-0.3, -0.25) is 0 Å². The monoisotopic (exact) mass is 393 g/mol. The van der Waals surface area contributed by atoms with E-state index in [1.165, 1.54) is 19.5 Å². The molecule has 0 aliphatic carbocycles. The Bertz CT molecular complexity index is 630. The average Bonchev–Trinajstić information content (AvgIpc) is 2.99. The molecule has 2 rings (SSSR count). The number of carbonyl (C=O) groups is 1. The first-order chi connectivity index (χ1) is 9.97. The number of aryl methyl sites for hydroxylation is 1. The van der Waals surface area contributed by atoms with Crippen molar-refractivity contribution in [3.8, 4) is 6.57 Å². The molecule has 0 aliphatic rings. The molecule has 0 amide bonds. The van der Waals surface area contributed by atoms with Crippen molar-refractivity contribution in [3.63, 3.8) is 0 Å². The average molecular weight is 394 g/mol. The third-order valence-corrected chi connectivity index (χ3v) is 3.41. The van der Waals surface area contributed by atoms with E-state index in [2.05, 4.69) is 20.5 Å². The smallest absolute Gasteiger partial charge is 0.632 e. The molecule has 0 aliphatic heterocycles. The van der Waals surface area contributed by atoms with Gasteiger partial charge in [0.2, 0.25) is 0 Å². The van der Waals surface area contributed by atoms with Gasteiger partial charge in [-0.05, 0) is 32.2 Å². The van der Waals surface area contributed by atoms with Crippen LogP contribution < -0.4 is 58.2 Å². The van der Waals surface area contributed by atoms with Crippen LogP contribution in [0.15, 0.2) is 46.2 Å². The molecule has 0 N–H and O–H groups in total. The van der Waals surface area contributed by atoms with Gasteiger partial charge in [-0.2, -0.15) is 0 Å². The van der Waals surface area contributed by atoms with Crippen molar-refractivity contribution in [2.24, 2.45) is 0 Å². The Hall–Kier alpha value is -0.655. The fourth-order valence-electron chi connectivity index (χ4n) is 1.07. The van der Waals surface area contributed by atoms with Gasteiger partial charge in [0.05, 0.1) is 4.90 Å². The SMILES string of the molecule is C#[N+]CS(=O)(=O)c1ccc(C)cc1.CC=O.[Rb+].[c-]1cnco1. The van der Waals surface area contributed by atoms with Gasteiger partial charge >= 0.3 is 64.1 Å². The standard InChI is InChI=1S/C9H10NO2S.C3H2NO.C2H4O.Rb/c1-8-3-5-9(6-4-8)13(11,12)7-10-2;1-2-5-3-4-1;1-2-3;/h2-6H,7H2,1H3;1,3H;2H,1H3;/q+1;-1;;+1. The maximum Gasteiger partial charge on any atom is 1.00 e. The first-order valence-electron chi connectivity index (χ1n) is 5.78. The number of rotatable bonds is 2. The molecule has 1 aromatic heterocycles. The molecule has 0 atom stereocenters. The molecular formula is C14H16N2O4RbS+. The number of carbonyl (C=O) groups excluding carboxylic acids is 1. The third-order valence-electron chi connectivity index (χ3n) is 1.93. The van der Waals surface area contributed by atoms with Crippen molar-refractivity contribution < 1.29 is 75.8 Å². The van der Waals surface area contributed by atoms with Crippen molar-refractivity contribution in [2.45, 2.75) is 18.7 Å². The van der Waals surface area contributed by atoms with E-state index in [9.17, 15) is 8.42 Å². The molecule has 8 heteroatoms. The van der Waals surface area contributed by atoms with Gasteiger partial charge in [-0.1, -0.05) is 28.8 Å². The van der Waals surface area contributed by atoms with Crippen LogP contribution in [0.25, 0.3) is 4.85 Å². The second kappa shape index (κ2) is 14.0. The van der Waals surface area contributed by atoms with E-state index in [0.29, 0.717) is 0 Å². The summed E-state index contributed by atoms with van der Waals surface area (Å²) in [6.07, 6.45) is 5.90. The number of hydrogen-bond donors (Lipinski definition) is 0. The van der Waals surface area contributed by atoms with E-state index in [1.807, 2.05) is 6.92 Å². The number of nitrogens with zero attached hydrogens (tertiary/aromatic N) is 2. The molecule has 1 heterocycles. The minimum absolute atomic E-state index is 0. The van der Waals surface area contributed by atoms with Gasteiger partial charge in [0, 0.05) is 6.39 Å². The summed E-state index contributed by atoms with van der Waals surface area (Å²) in [5.41, 5.74) is 1.02. The van der Waals surface area contributed by atoms with Crippen LogP contribution >= 0.6 is 0 Å². The van der Waals surface area contributed by atoms with Crippen molar-refractivity contribution in [3.05, 3.63) is 53.5 Å². The zero-order valence-corrected chi connectivity index (χ0v) is 18.5. The zero-order chi connectivity index (χ0) is 16.1. The molecule has 0 bridgehead atoms. The first kappa shape index (κ1) is 23.6. The van der Waals surface area contributed by atoms with Crippen LogP contribution in [0, 0.1) is 19.8 Å². The Kier molecular flexibility index (Phi) is 15.0. The summed E-state index contributed by atoms with van der Waals surface area (Å²) < 4.78 is 27.1. The summed E-state index contributed by atoms with van der Waals surface area (Å²) >= 11 is 0. The van der Waals surface area contributed by atoms with Crippen molar-refractivity contribution in [2.75, 3.05) is 5.88 Å². The van der Waals surface area contributed by atoms with Crippen LogP contribution in [0.2, 0.25) is 0 Å². The number of oxazole rings is 1. The quantitative estimate of drug-likeness (QED) is 0.501. The van der Waals surface area contributed by atoms with Gasteiger partial charge in [0.1, 0.15) is 6.29 Å². The summed E-state index contributed by atoms with van der Waals surface area (Å²) in [4.78, 5) is 15.7. The van der Waals surface area contributed by atoms with Gasteiger partial charge in [-0.15, -0.1) is 0 Å². The minimum Gasteiger partial charge on any atom is -0.632 e. The molecular weight excluding hydrogens is 378 g/mol. The molecule has 0 unspecified atom stereocenters.